The summed E-state index contributed by atoms with van der Waals surface area (Å²) in [5.74, 6) is 0.332. The third-order valence-corrected chi connectivity index (χ3v) is 5.22. The van der Waals surface area contributed by atoms with Crippen molar-refractivity contribution in [2.75, 3.05) is 5.32 Å². The topological polar surface area (TPSA) is 86.3 Å². The van der Waals surface area contributed by atoms with E-state index in [0.29, 0.717) is 11.1 Å². The fourth-order valence-corrected chi connectivity index (χ4v) is 3.73. The number of aromatic nitrogens is 7. The van der Waals surface area contributed by atoms with Crippen molar-refractivity contribution >= 4 is 33.8 Å². The van der Waals surface area contributed by atoms with Crippen LogP contribution in [0.1, 0.15) is 11.3 Å². The molecule has 1 aromatic carbocycles. The standard InChI is InChI=1S/C22H14ClF3N8/c1-13(32-15-10-18(23)21(28-11-15)34-29-8-9-30-34)17-12-31-33(19(17)22(24,25)26)20-16-5-3-2-4-14(16)6-7-27-20/h2-12,32H,1H2. The van der Waals surface area contributed by atoms with Crippen LogP contribution in [0.5, 0.6) is 0 Å². The van der Waals surface area contributed by atoms with Crippen molar-refractivity contribution in [1.82, 2.24) is 34.7 Å². The molecule has 1 N–H and O–H groups in total. The Hall–Kier alpha value is -4.25. The highest BCUT2D eigenvalue weighted by Gasteiger charge is 2.40. The highest BCUT2D eigenvalue weighted by molar-refractivity contribution is 6.32. The Morgan fingerprint density at radius 2 is 1.71 bits per heavy atom. The summed E-state index contributed by atoms with van der Waals surface area (Å²) in [4.78, 5) is 9.56. The first-order chi connectivity index (χ1) is 16.3. The van der Waals surface area contributed by atoms with E-state index in [9.17, 15) is 13.2 Å². The Kier molecular flexibility index (Phi) is 5.25. The van der Waals surface area contributed by atoms with E-state index in [1.54, 1.807) is 30.3 Å². The molecule has 0 unspecified atom stereocenters. The van der Waals surface area contributed by atoms with E-state index in [1.807, 2.05) is 0 Å². The van der Waals surface area contributed by atoms with Gasteiger partial charge in [-0.15, -0.1) is 4.80 Å². The zero-order chi connectivity index (χ0) is 23.9. The summed E-state index contributed by atoms with van der Waals surface area (Å²) in [6.45, 7) is 3.78. The highest BCUT2D eigenvalue weighted by atomic mass is 35.5. The number of rotatable bonds is 5. The molecule has 0 aliphatic heterocycles. The number of alkyl halides is 3. The summed E-state index contributed by atoms with van der Waals surface area (Å²) in [6.07, 6.45) is 2.12. The van der Waals surface area contributed by atoms with E-state index < -0.39 is 11.9 Å². The van der Waals surface area contributed by atoms with Gasteiger partial charge in [-0.1, -0.05) is 42.4 Å². The van der Waals surface area contributed by atoms with Gasteiger partial charge in [0.05, 0.1) is 35.5 Å². The smallest absolute Gasteiger partial charge is 0.354 e. The molecule has 8 nitrogen and oxygen atoms in total. The fourth-order valence-electron chi connectivity index (χ4n) is 3.49. The first-order valence-electron chi connectivity index (χ1n) is 9.81. The van der Waals surface area contributed by atoms with Gasteiger partial charge in [0.15, 0.2) is 17.3 Å². The molecule has 0 aliphatic carbocycles. The predicted octanol–water partition coefficient (Wildman–Crippen LogP) is 5.15. The SMILES string of the molecule is C=C(Nc1cnc(-n2nccn2)c(Cl)c1)c1cnn(-c2nccc3ccccc23)c1C(F)(F)F. The van der Waals surface area contributed by atoms with Crippen molar-refractivity contribution < 1.29 is 13.2 Å². The Morgan fingerprint density at radius 1 is 0.941 bits per heavy atom. The van der Waals surface area contributed by atoms with Gasteiger partial charge in [-0.25, -0.2) is 14.6 Å². The van der Waals surface area contributed by atoms with E-state index in [0.717, 1.165) is 16.3 Å². The van der Waals surface area contributed by atoms with Crippen molar-refractivity contribution in [3.63, 3.8) is 0 Å². The first-order valence-corrected chi connectivity index (χ1v) is 10.2. The number of fused-ring (bicyclic) bond motifs is 1. The van der Waals surface area contributed by atoms with E-state index in [-0.39, 0.29) is 27.9 Å². The molecule has 4 aromatic heterocycles. The molecule has 0 bridgehead atoms. The number of nitrogens with zero attached hydrogens (tertiary/aromatic N) is 7. The minimum Gasteiger partial charge on any atom is -0.354 e. The molecule has 5 rings (SSSR count). The van der Waals surface area contributed by atoms with Gasteiger partial charge in [-0.3, -0.25) is 0 Å². The van der Waals surface area contributed by atoms with E-state index in [1.165, 1.54) is 35.7 Å². The molecule has 0 atom stereocenters. The largest absolute Gasteiger partial charge is 0.434 e. The van der Waals surface area contributed by atoms with Crippen molar-refractivity contribution in [2.45, 2.75) is 6.18 Å². The van der Waals surface area contributed by atoms with Gasteiger partial charge in [-0.05, 0) is 17.5 Å². The number of pyridine rings is 2. The lowest BCUT2D eigenvalue weighted by atomic mass is 10.1. The third kappa shape index (κ3) is 3.86. The van der Waals surface area contributed by atoms with Gasteiger partial charge in [0, 0.05) is 22.8 Å². The lowest BCUT2D eigenvalue weighted by Gasteiger charge is -2.15. The number of nitrogens with one attached hydrogen (secondary N) is 1. The lowest BCUT2D eigenvalue weighted by molar-refractivity contribution is -0.143. The number of halogens is 4. The maximum absolute atomic E-state index is 14.2. The van der Waals surface area contributed by atoms with Crippen LogP contribution in [0.4, 0.5) is 18.9 Å². The molecular weight excluding hydrogens is 469 g/mol. The van der Waals surface area contributed by atoms with Gasteiger partial charge < -0.3 is 5.32 Å². The third-order valence-electron chi connectivity index (χ3n) is 4.94. The van der Waals surface area contributed by atoms with Gasteiger partial charge >= 0.3 is 6.18 Å². The molecule has 4 heterocycles. The summed E-state index contributed by atoms with van der Waals surface area (Å²) in [6, 6.07) is 10.2. The molecule has 0 aliphatic rings. The predicted molar refractivity (Wildman–Crippen MR) is 121 cm³/mol. The Bertz CT molecular complexity index is 1500. The van der Waals surface area contributed by atoms with Gasteiger partial charge in [-0.2, -0.15) is 28.5 Å². The van der Waals surface area contributed by atoms with Gasteiger partial charge in [0.25, 0.3) is 0 Å². The molecule has 0 radical (unpaired) electrons. The van der Waals surface area contributed by atoms with Crippen LogP contribution in [-0.2, 0) is 6.18 Å². The fraction of sp³-hybridized carbons (Fsp3) is 0.0455. The maximum atomic E-state index is 14.2. The lowest BCUT2D eigenvalue weighted by Crippen LogP contribution is -2.17. The second-order valence-corrected chi connectivity index (χ2v) is 7.53. The highest BCUT2D eigenvalue weighted by Crippen LogP contribution is 2.37. The quantitative estimate of drug-likeness (QED) is 0.373. The molecular formula is C22H14ClF3N8. The average Bonchev–Trinajstić information content (AvgIpc) is 3.49. The van der Waals surface area contributed by atoms with Crippen LogP contribution in [0.25, 0.3) is 28.1 Å². The first kappa shape index (κ1) is 21.6. The van der Waals surface area contributed by atoms with Crippen LogP contribution in [0.2, 0.25) is 5.02 Å². The van der Waals surface area contributed by atoms with Crippen LogP contribution in [0.15, 0.2) is 74.0 Å². The summed E-state index contributed by atoms with van der Waals surface area (Å²) >= 11 is 6.26. The monoisotopic (exact) mass is 482 g/mol. The molecule has 0 spiro atoms. The van der Waals surface area contributed by atoms with Crippen LogP contribution in [-0.4, -0.2) is 34.7 Å². The Labute approximate surface area is 195 Å². The summed E-state index contributed by atoms with van der Waals surface area (Å²) in [5, 5.41) is 16.2. The van der Waals surface area contributed by atoms with Crippen LogP contribution < -0.4 is 5.32 Å². The molecule has 0 saturated heterocycles. The average molecular weight is 483 g/mol. The number of hydrogen-bond donors (Lipinski definition) is 1. The maximum Gasteiger partial charge on any atom is 0.434 e. The second-order valence-electron chi connectivity index (χ2n) is 7.12. The van der Waals surface area contributed by atoms with E-state index >= 15 is 0 Å². The van der Waals surface area contributed by atoms with Crippen LogP contribution in [0.3, 0.4) is 0 Å². The van der Waals surface area contributed by atoms with Crippen molar-refractivity contribution in [1.29, 1.82) is 0 Å². The molecule has 12 heteroatoms. The van der Waals surface area contributed by atoms with Crippen molar-refractivity contribution in [3.8, 4) is 11.6 Å². The van der Waals surface area contributed by atoms with Crippen molar-refractivity contribution in [3.05, 3.63) is 90.2 Å². The molecule has 34 heavy (non-hydrogen) atoms. The molecule has 0 saturated carbocycles. The number of hydrogen-bond acceptors (Lipinski definition) is 6. The normalized spacial score (nSPS) is 11.6. The molecule has 0 amide bonds. The summed E-state index contributed by atoms with van der Waals surface area (Å²) in [7, 11) is 0. The Morgan fingerprint density at radius 3 is 2.44 bits per heavy atom. The van der Waals surface area contributed by atoms with Crippen molar-refractivity contribution in [2.24, 2.45) is 0 Å². The van der Waals surface area contributed by atoms with E-state index in [4.69, 9.17) is 11.6 Å². The summed E-state index contributed by atoms with van der Waals surface area (Å²) < 4.78 is 43.4. The Balaban J connectivity index is 1.53. The number of benzene rings is 1. The van der Waals surface area contributed by atoms with Crippen LogP contribution >= 0.6 is 11.6 Å². The number of anilines is 1. The van der Waals surface area contributed by atoms with Gasteiger partial charge in [0.2, 0.25) is 0 Å². The molecule has 5 aromatic rings. The van der Waals surface area contributed by atoms with Gasteiger partial charge in [0.1, 0.15) is 0 Å². The minimum absolute atomic E-state index is 0.0401. The summed E-state index contributed by atoms with van der Waals surface area (Å²) in [5.41, 5.74) is -0.960. The second kappa shape index (κ2) is 8.27. The zero-order valence-corrected chi connectivity index (χ0v) is 18.0. The van der Waals surface area contributed by atoms with Crippen LogP contribution in [0, 0.1) is 0 Å². The van der Waals surface area contributed by atoms with E-state index in [2.05, 4.69) is 37.2 Å². The molecule has 0 fully saturated rings. The molecule has 170 valence electrons. The minimum atomic E-state index is -4.74. The zero-order valence-electron chi connectivity index (χ0n) is 17.2.